The van der Waals surface area contributed by atoms with E-state index in [1.54, 1.807) is 0 Å². The van der Waals surface area contributed by atoms with Crippen molar-refractivity contribution in [3.8, 4) is 0 Å². The number of hydrogen-bond acceptors (Lipinski definition) is 2. The summed E-state index contributed by atoms with van der Waals surface area (Å²) < 4.78 is 0. The van der Waals surface area contributed by atoms with Gasteiger partial charge in [-0.25, -0.2) is 0 Å². The Kier molecular flexibility index (Phi) is 4.47. The van der Waals surface area contributed by atoms with Gasteiger partial charge in [0.2, 0.25) is 0 Å². The quantitative estimate of drug-likeness (QED) is 0.810. The molecule has 0 amide bonds. The molecule has 0 unspecified atom stereocenters. The Morgan fingerprint density at radius 3 is 2.47 bits per heavy atom. The largest absolute Gasteiger partial charge is 0.310 e. The molecule has 0 heterocycles. The van der Waals surface area contributed by atoms with Gasteiger partial charge in [0, 0.05) is 5.56 Å². The first-order valence-corrected chi connectivity index (χ1v) is 6.21. The Balaban J connectivity index is 3.02. The molecule has 0 atom stereocenters. The number of hydrogen-bond donors (Lipinski definition) is 1. The van der Waals surface area contributed by atoms with Crippen LogP contribution in [0.2, 0.25) is 0 Å². The fraction of sp³-hybridized carbons (Fsp3) is 0.533. The molecule has 0 saturated heterocycles. The molecule has 1 N–H and O–H groups in total. The number of benzene rings is 1. The highest BCUT2D eigenvalue weighted by Gasteiger charge is 2.17. The van der Waals surface area contributed by atoms with Crippen molar-refractivity contribution >= 4 is 5.78 Å². The third-order valence-electron chi connectivity index (χ3n) is 2.94. The number of aryl methyl sites for hydroxylation is 1. The average Bonchev–Trinajstić information content (AvgIpc) is 2.24. The van der Waals surface area contributed by atoms with Crippen LogP contribution in [-0.4, -0.2) is 18.9 Å². The summed E-state index contributed by atoms with van der Waals surface area (Å²) in [4.78, 5) is 12.0. The smallest absolute Gasteiger partial charge is 0.176 e. The van der Waals surface area contributed by atoms with Crippen LogP contribution in [0.4, 0.5) is 0 Å². The van der Waals surface area contributed by atoms with E-state index in [-0.39, 0.29) is 11.2 Å². The molecule has 0 aliphatic heterocycles. The summed E-state index contributed by atoms with van der Waals surface area (Å²) in [6.07, 6.45) is 0. The lowest BCUT2D eigenvalue weighted by Crippen LogP contribution is -2.23. The molecule has 2 heteroatoms. The second-order valence-electron chi connectivity index (χ2n) is 5.48. The lowest BCUT2D eigenvalue weighted by atomic mass is 9.85. The van der Waals surface area contributed by atoms with Crippen LogP contribution < -0.4 is 5.32 Å². The van der Waals surface area contributed by atoms with Crippen LogP contribution in [0.15, 0.2) is 18.2 Å². The number of Topliss-reactive ketones (excluding diaryl/α,β-unsaturated/α-hetero) is 1. The Morgan fingerprint density at radius 2 is 1.94 bits per heavy atom. The molecule has 17 heavy (non-hydrogen) atoms. The second-order valence-corrected chi connectivity index (χ2v) is 5.48. The maximum absolute atomic E-state index is 12.0. The minimum Gasteiger partial charge on any atom is -0.310 e. The van der Waals surface area contributed by atoms with E-state index in [4.69, 9.17) is 0 Å². The number of carbonyl (C=O) groups is 1. The highest BCUT2D eigenvalue weighted by Crippen LogP contribution is 2.24. The lowest BCUT2D eigenvalue weighted by Gasteiger charge is -2.20. The Morgan fingerprint density at radius 1 is 1.29 bits per heavy atom. The van der Waals surface area contributed by atoms with Crippen molar-refractivity contribution in [1.82, 2.24) is 5.32 Å². The number of likely N-dealkylation sites (N-methyl/N-ethyl adjacent to an activating group) is 1. The summed E-state index contributed by atoms with van der Waals surface area (Å²) in [7, 11) is 0. The molecular formula is C15H23NO. The highest BCUT2D eigenvalue weighted by atomic mass is 16.1. The number of rotatable bonds is 4. The van der Waals surface area contributed by atoms with E-state index in [9.17, 15) is 4.79 Å². The van der Waals surface area contributed by atoms with Crippen molar-refractivity contribution in [2.45, 2.75) is 40.0 Å². The van der Waals surface area contributed by atoms with Gasteiger partial charge in [0.1, 0.15) is 0 Å². The highest BCUT2D eigenvalue weighted by molar-refractivity contribution is 5.99. The zero-order valence-electron chi connectivity index (χ0n) is 11.6. The van der Waals surface area contributed by atoms with E-state index >= 15 is 0 Å². The molecule has 1 aromatic rings. The van der Waals surface area contributed by atoms with Crippen LogP contribution >= 0.6 is 0 Å². The van der Waals surface area contributed by atoms with Gasteiger partial charge >= 0.3 is 0 Å². The third kappa shape index (κ3) is 3.67. The monoisotopic (exact) mass is 233 g/mol. The molecule has 0 saturated carbocycles. The minimum atomic E-state index is 0.0842. The van der Waals surface area contributed by atoms with Gasteiger partial charge in [0.15, 0.2) is 5.78 Å². The van der Waals surface area contributed by atoms with E-state index in [2.05, 4.69) is 32.2 Å². The van der Waals surface area contributed by atoms with Crippen molar-refractivity contribution in [2.24, 2.45) is 0 Å². The summed E-state index contributed by atoms with van der Waals surface area (Å²) in [5, 5.41) is 3.08. The number of carbonyl (C=O) groups excluding carboxylic acids is 1. The summed E-state index contributed by atoms with van der Waals surface area (Å²) in [6.45, 7) is 11.7. The summed E-state index contributed by atoms with van der Waals surface area (Å²) in [5.74, 6) is 0.176. The first-order valence-electron chi connectivity index (χ1n) is 6.21. The summed E-state index contributed by atoms with van der Waals surface area (Å²) in [6, 6.07) is 6.19. The molecule has 1 rings (SSSR count). The minimum absolute atomic E-state index is 0.0842. The van der Waals surface area contributed by atoms with E-state index in [0.29, 0.717) is 6.54 Å². The second kappa shape index (κ2) is 5.46. The van der Waals surface area contributed by atoms with Gasteiger partial charge in [0.05, 0.1) is 6.54 Å². The number of ketones is 1. The van der Waals surface area contributed by atoms with Crippen molar-refractivity contribution < 1.29 is 4.79 Å². The lowest BCUT2D eigenvalue weighted by molar-refractivity contribution is 0.0991. The Bertz CT molecular complexity index is 402. The average molecular weight is 233 g/mol. The zero-order valence-corrected chi connectivity index (χ0v) is 11.6. The maximum atomic E-state index is 12.0. The molecule has 0 bridgehead atoms. The van der Waals surface area contributed by atoms with Crippen molar-refractivity contribution in [3.63, 3.8) is 0 Å². The van der Waals surface area contributed by atoms with Gasteiger partial charge in [0.25, 0.3) is 0 Å². The van der Waals surface area contributed by atoms with Crippen molar-refractivity contribution in [2.75, 3.05) is 13.1 Å². The van der Waals surface area contributed by atoms with Crippen LogP contribution in [-0.2, 0) is 5.41 Å². The molecule has 0 aromatic heterocycles. The SMILES string of the molecule is CCNCC(=O)c1cc(C(C)(C)C)ccc1C. The molecule has 0 aliphatic carbocycles. The van der Waals surface area contributed by atoms with Crippen LogP contribution in [0.3, 0.4) is 0 Å². The first-order chi connectivity index (χ1) is 7.86. The number of nitrogens with one attached hydrogen (secondary N) is 1. The maximum Gasteiger partial charge on any atom is 0.176 e. The standard InChI is InChI=1S/C15H23NO/c1-6-16-10-14(17)13-9-12(15(3,4)5)8-7-11(13)2/h7-9,16H,6,10H2,1-5H3. The molecular weight excluding hydrogens is 210 g/mol. The normalized spacial score (nSPS) is 11.6. The molecule has 2 nitrogen and oxygen atoms in total. The van der Waals surface area contributed by atoms with Crippen LogP contribution in [0.25, 0.3) is 0 Å². The summed E-state index contributed by atoms with van der Waals surface area (Å²) in [5.41, 5.74) is 3.20. The first kappa shape index (κ1) is 13.9. The van der Waals surface area contributed by atoms with Gasteiger partial charge in [-0.15, -0.1) is 0 Å². The van der Waals surface area contributed by atoms with Gasteiger partial charge in [-0.3, -0.25) is 4.79 Å². The van der Waals surface area contributed by atoms with Crippen molar-refractivity contribution in [3.05, 3.63) is 34.9 Å². The van der Waals surface area contributed by atoms with Crippen LogP contribution in [0.5, 0.6) is 0 Å². The zero-order chi connectivity index (χ0) is 13.1. The van der Waals surface area contributed by atoms with Gasteiger partial charge < -0.3 is 5.32 Å². The van der Waals surface area contributed by atoms with Crippen molar-refractivity contribution in [1.29, 1.82) is 0 Å². The van der Waals surface area contributed by atoms with E-state index in [1.807, 2.05) is 26.0 Å². The predicted molar refractivity (Wildman–Crippen MR) is 72.8 cm³/mol. The van der Waals surface area contributed by atoms with E-state index < -0.39 is 0 Å². The topological polar surface area (TPSA) is 29.1 Å². The molecule has 94 valence electrons. The van der Waals surface area contributed by atoms with Crippen LogP contribution in [0, 0.1) is 6.92 Å². The molecule has 0 spiro atoms. The third-order valence-corrected chi connectivity index (χ3v) is 2.94. The van der Waals surface area contributed by atoms with Gasteiger partial charge in [-0.2, -0.15) is 0 Å². The Hall–Kier alpha value is -1.15. The fourth-order valence-electron chi connectivity index (χ4n) is 1.72. The predicted octanol–water partition coefficient (Wildman–Crippen LogP) is 3.08. The molecule has 1 aromatic carbocycles. The van der Waals surface area contributed by atoms with E-state index in [0.717, 1.165) is 17.7 Å². The van der Waals surface area contributed by atoms with Gasteiger partial charge in [-0.05, 0) is 36.1 Å². The fourth-order valence-corrected chi connectivity index (χ4v) is 1.72. The van der Waals surface area contributed by atoms with Crippen LogP contribution in [0.1, 0.15) is 49.2 Å². The summed E-state index contributed by atoms with van der Waals surface area (Å²) >= 11 is 0. The van der Waals surface area contributed by atoms with Gasteiger partial charge in [-0.1, -0.05) is 39.8 Å². The Labute approximate surface area is 104 Å². The molecule has 0 fully saturated rings. The van der Waals surface area contributed by atoms with E-state index in [1.165, 1.54) is 5.56 Å². The molecule has 0 radical (unpaired) electrons. The molecule has 0 aliphatic rings.